The van der Waals surface area contributed by atoms with Gasteiger partial charge in [0.1, 0.15) is 26.2 Å². The minimum atomic E-state index is -1.11. The molecule has 2 aliphatic heterocycles. The number of aryl methyl sites for hydroxylation is 3. The van der Waals surface area contributed by atoms with Crippen LogP contribution < -0.4 is 30.0 Å². The zero-order chi connectivity index (χ0) is 86.1. The Morgan fingerprint density at radius 1 is 0.301 bits per heavy atom. The number of nitrogens with one attached hydrogen (secondary N) is 4. The molecule has 2 aliphatic rings. The third-order valence-electron chi connectivity index (χ3n) is 21.2. The van der Waals surface area contributed by atoms with E-state index in [2.05, 4.69) is 388 Å². The molecule has 13 aromatic carbocycles. The zero-order valence-corrected chi connectivity index (χ0v) is 82.1. The van der Waals surface area contributed by atoms with E-state index in [1.54, 1.807) is 0 Å². The van der Waals surface area contributed by atoms with Gasteiger partial charge in [0, 0.05) is 22.3 Å². The smallest absolute Gasteiger partial charge is 0.872 e. The second-order valence-corrected chi connectivity index (χ2v) is 55.2. The predicted molar refractivity (Wildman–Crippen MR) is 522 cm³/mol. The van der Waals surface area contributed by atoms with E-state index in [-0.39, 0.29) is 69.7 Å². The van der Waals surface area contributed by atoms with Crippen molar-refractivity contribution in [1.82, 2.24) is 0 Å². The van der Waals surface area contributed by atoms with E-state index in [9.17, 15) is 0 Å². The predicted octanol–water partition coefficient (Wildman–Crippen LogP) is 17.9. The molecule has 0 fully saturated rings. The van der Waals surface area contributed by atoms with E-state index < -0.39 is 43.8 Å². The molecule has 123 heavy (non-hydrogen) atoms. The summed E-state index contributed by atoms with van der Waals surface area (Å²) in [6.45, 7) is 39.0. The molecule has 16 heteroatoms. The molecule has 4 N–H and O–H groups in total. The van der Waals surface area contributed by atoms with Crippen molar-refractivity contribution >= 4 is 90.8 Å². The van der Waals surface area contributed by atoms with Crippen molar-refractivity contribution in [2.75, 3.05) is 26.3 Å². The molecule has 0 aliphatic carbocycles. The average molecular weight is 1720 g/mol. The minimum Gasteiger partial charge on any atom is -0.872 e. The summed E-state index contributed by atoms with van der Waals surface area (Å²) in [6, 6.07) is 124. The second kappa shape index (κ2) is 46.0. The molecule has 0 radical (unpaired) electrons. The summed E-state index contributed by atoms with van der Waals surface area (Å²) in [7, 11) is -4.42. The van der Waals surface area contributed by atoms with Crippen molar-refractivity contribution in [3.8, 4) is 11.5 Å². The van der Waals surface area contributed by atoms with Crippen LogP contribution in [0, 0.1) is 20.8 Å². The molecule has 0 saturated carbocycles. The largest absolute Gasteiger partial charge is 2.00 e. The summed E-state index contributed by atoms with van der Waals surface area (Å²) >= 11 is 0. The molecule has 0 spiro atoms. The molecule has 10 nitrogen and oxygen atoms in total. The Hall–Kier alpha value is -9.36. The van der Waals surface area contributed by atoms with Crippen molar-refractivity contribution in [3.05, 3.63) is 462 Å². The Bertz CT molecular complexity index is 4830. The molecule has 2 unspecified atom stereocenters. The fourth-order valence-corrected chi connectivity index (χ4v) is 33.2. The number of hydrogen-bond donors (Lipinski definition) is 4. The van der Waals surface area contributed by atoms with Gasteiger partial charge < -0.3 is 38.8 Å². The van der Waals surface area contributed by atoms with Gasteiger partial charge in [0.2, 0.25) is 25.2 Å². The first-order valence-electron chi connectivity index (χ1n) is 42.8. The summed E-state index contributed by atoms with van der Waals surface area (Å²) in [5.74, 6) is 1.88. The fraction of sp³-hybridized carbons (Fsp3) is 0.252. The van der Waals surface area contributed by atoms with Crippen LogP contribution in [0.2, 0.25) is 78.6 Å². The SMILES string of the molecule is C[Si](C)(C)[N-][Si](C)(C)C.C[Si](C)(C)[N-][Si](C)(C)C.Cc1cc(C[NH+](CC2=[NH+][C@H](c3ccccc3)CO2)Cc2ccccc2)c([O-])c(C(c2ccccc2)(c2ccccc2)c2ccccc2)c1.Cc1cc(C[NH+](CC2=[NH+][C@H](c3ccccc3)CO2)Cc2ccccc2)c([O-])c(C(c2ccccc2)(c2ccccc2)c2ccccc2)c1.Cc1ccccc1.[Mg+2].[Mg+2]. The minimum absolute atomic E-state index is 0. The summed E-state index contributed by atoms with van der Waals surface area (Å²) in [6.07, 6.45) is 0. The van der Waals surface area contributed by atoms with Gasteiger partial charge in [-0.25, -0.2) is 0 Å². The van der Waals surface area contributed by atoms with E-state index in [0.29, 0.717) is 39.4 Å². The van der Waals surface area contributed by atoms with Crippen molar-refractivity contribution in [2.45, 2.75) is 148 Å². The average Bonchev–Trinajstić information content (AvgIpc) is 1.23. The van der Waals surface area contributed by atoms with E-state index >= 15 is 10.2 Å². The number of rotatable bonds is 26. The summed E-state index contributed by atoms with van der Waals surface area (Å²) in [5.41, 5.74) is 16.3. The van der Waals surface area contributed by atoms with Crippen LogP contribution in [-0.4, -0.2) is 117 Å². The van der Waals surface area contributed by atoms with E-state index in [1.165, 1.54) is 37.6 Å². The van der Waals surface area contributed by atoms with Gasteiger partial charge in [0.25, 0.3) is 0 Å². The molecule has 15 rings (SSSR count). The van der Waals surface area contributed by atoms with E-state index in [1.807, 2.05) is 78.9 Å². The van der Waals surface area contributed by atoms with Gasteiger partial charge in [0.05, 0.1) is 10.8 Å². The van der Waals surface area contributed by atoms with Gasteiger partial charge >= 0.3 is 57.9 Å². The summed E-state index contributed by atoms with van der Waals surface area (Å²) in [4.78, 5) is 9.73. The maximum atomic E-state index is 15.1. The normalized spacial score (nSPS) is 14.3. The monoisotopic (exact) mass is 1720 g/mol. The van der Waals surface area contributed by atoms with Crippen LogP contribution in [0.1, 0.15) is 107 Å². The van der Waals surface area contributed by atoms with Crippen LogP contribution in [0.25, 0.3) is 9.30 Å². The van der Waals surface area contributed by atoms with Crippen molar-refractivity contribution in [1.29, 1.82) is 0 Å². The topological polar surface area (TPSA) is 130 Å². The molecule has 0 bridgehead atoms. The third kappa shape index (κ3) is 28.3. The molecule has 0 aromatic heterocycles. The molecule has 4 atom stereocenters. The van der Waals surface area contributed by atoms with Gasteiger partial charge in [-0.05, 0) is 76.4 Å². The number of ether oxygens (including phenoxy) is 2. The molecule has 0 amide bonds. The molecular weight excluding hydrogens is 1590 g/mol. The number of hydrogen-bond acceptors (Lipinski definition) is 4. The van der Waals surface area contributed by atoms with Crippen LogP contribution in [0.15, 0.2) is 358 Å². The van der Waals surface area contributed by atoms with Crippen LogP contribution in [0.3, 0.4) is 0 Å². The molecular formula is C107H126Mg2N6O4Si4+4. The van der Waals surface area contributed by atoms with Gasteiger partial charge in [-0.15, -0.1) is 0 Å². The Morgan fingerprint density at radius 2 is 0.528 bits per heavy atom. The first kappa shape index (κ1) is 97.4. The van der Waals surface area contributed by atoms with Crippen LogP contribution >= 0.6 is 0 Å². The Labute approximate surface area is 771 Å². The number of quaternary nitrogens is 2. The standard InChI is InChI=1S/2C44H40N2O2.C7H8.2C6H18NSi2.2Mg/c2*1-33-27-36(30-46(29-34-17-7-2-8-18-34)31-42-45-41(32-48-42)35-19-9-3-10-20-35)43(47)40(28-33)44(37-21-11-4-12-22-37,38-23-13-5-14-24-38)39-25-15-6-16-26-39;1-7-5-3-2-4-6-7;2*1-8(2,3)7-9(4,5)6;;/h2*2-28,41,47H,29-32H2,1H3;2-6H,1H3;2*1-6H3;;/q;;;2*-1;2*+2/p+2/t2*41-;;;;;/m00...../s1. The van der Waals surface area contributed by atoms with Gasteiger partial charge in [-0.1, -0.05) is 498 Å². The number of benzene rings is 13. The van der Waals surface area contributed by atoms with E-state index in [0.717, 1.165) is 91.6 Å². The Morgan fingerprint density at radius 3 is 0.748 bits per heavy atom. The second-order valence-electron chi connectivity index (χ2n) is 36.1. The Kier molecular flexibility index (Phi) is 36.5. The van der Waals surface area contributed by atoms with Crippen LogP contribution in [0.5, 0.6) is 11.5 Å². The quantitative estimate of drug-likeness (QED) is 0.0318. The van der Waals surface area contributed by atoms with Crippen molar-refractivity contribution in [2.24, 2.45) is 0 Å². The third-order valence-corrected chi connectivity index (χ3v) is 31.9. The molecule has 624 valence electrons. The van der Waals surface area contributed by atoms with Gasteiger partial charge in [-0.3, -0.25) is 0 Å². The molecule has 13 aromatic rings. The maximum Gasteiger partial charge on any atom is 2.00 e. The number of nitrogens with zero attached hydrogens (tertiary/aromatic N) is 2. The van der Waals surface area contributed by atoms with Gasteiger partial charge in [-0.2, -0.15) is 9.98 Å². The Balaban J connectivity index is 0.000000215. The zero-order valence-electron chi connectivity index (χ0n) is 75.3. The van der Waals surface area contributed by atoms with Gasteiger partial charge in [0.15, 0.2) is 13.2 Å². The molecule has 0 saturated heterocycles. The van der Waals surface area contributed by atoms with Crippen LogP contribution in [-0.2, 0) is 46.5 Å². The summed E-state index contributed by atoms with van der Waals surface area (Å²) < 4.78 is 22.1. The fourth-order valence-electron chi connectivity index (χ4n) is 17.1. The first-order chi connectivity index (χ1) is 58.0. The van der Waals surface area contributed by atoms with Crippen LogP contribution in [0.4, 0.5) is 0 Å². The van der Waals surface area contributed by atoms with Crippen molar-refractivity contribution in [3.63, 3.8) is 0 Å². The van der Waals surface area contributed by atoms with E-state index in [4.69, 9.17) is 18.8 Å². The summed E-state index contributed by atoms with van der Waals surface area (Å²) in [5, 5.41) is 30.2. The maximum absolute atomic E-state index is 15.1. The molecule has 2 heterocycles. The van der Waals surface area contributed by atoms with Crippen molar-refractivity contribution < 1.29 is 39.5 Å². The first-order valence-corrected chi connectivity index (χ1v) is 56.6.